The number of ether oxygens (including phenoxy) is 1. The Bertz CT molecular complexity index is 1210. The molecule has 2 atom stereocenters. The van der Waals surface area contributed by atoms with Crippen molar-refractivity contribution in [2.45, 2.75) is 43.3 Å². The Balaban J connectivity index is 1.64. The van der Waals surface area contributed by atoms with Crippen LogP contribution in [-0.4, -0.2) is 43.4 Å². The first-order valence-corrected chi connectivity index (χ1v) is 12.5. The van der Waals surface area contributed by atoms with E-state index in [0.717, 1.165) is 17.7 Å². The zero-order valence-corrected chi connectivity index (χ0v) is 21.1. The van der Waals surface area contributed by atoms with E-state index >= 15 is 0 Å². The summed E-state index contributed by atoms with van der Waals surface area (Å²) in [5.74, 6) is -1.46. The van der Waals surface area contributed by atoms with Crippen molar-refractivity contribution in [2.75, 3.05) is 25.1 Å². The minimum absolute atomic E-state index is 0.0573. The quantitative estimate of drug-likeness (QED) is 0.255. The molecular weight excluding hydrogens is 508 g/mol. The second-order valence-corrected chi connectivity index (χ2v) is 9.51. The summed E-state index contributed by atoms with van der Waals surface area (Å²) in [5, 5.41) is 13.8. The van der Waals surface area contributed by atoms with Gasteiger partial charge in [-0.3, -0.25) is 0 Å². The Morgan fingerprint density at radius 2 is 1.84 bits per heavy atom. The van der Waals surface area contributed by atoms with Gasteiger partial charge in [0.15, 0.2) is 11.6 Å². The number of alkyl halides is 3. The Labute approximate surface area is 218 Å². The number of rotatable bonds is 9. The van der Waals surface area contributed by atoms with Crippen molar-refractivity contribution in [1.82, 2.24) is 5.32 Å². The monoisotopic (exact) mass is 536 g/mol. The molecule has 3 aromatic carbocycles. The predicted octanol–water partition coefficient (Wildman–Crippen LogP) is 6.13. The molecule has 9 heteroatoms. The number of nitrogens with zero attached hydrogens (tertiary/aromatic N) is 1. The van der Waals surface area contributed by atoms with Crippen LogP contribution in [0.25, 0.3) is 11.1 Å². The number of halogens is 5. The molecule has 1 fully saturated rings. The molecule has 3 aromatic rings. The average molecular weight is 537 g/mol. The molecule has 2 N–H and O–H groups in total. The molecule has 1 aliphatic heterocycles. The zero-order valence-electron chi connectivity index (χ0n) is 20.4. The van der Waals surface area contributed by atoms with Crippen molar-refractivity contribution in [1.29, 1.82) is 0 Å². The van der Waals surface area contributed by atoms with E-state index in [4.69, 9.17) is 16.3 Å². The van der Waals surface area contributed by atoms with Crippen LogP contribution < -0.4 is 15.0 Å². The van der Waals surface area contributed by atoms with Gasteiger partial charge in [0.2, 0.25) is 0 Å². The van der Waals surface area contributed by atoms with E-state index in [1.807, 2.05) is 35.2 Å². The van der Waals surface area contributed by atoms with E-state index in [9.17, 15) is 22.7 Å². The Morgan fingerprint density at radius 3 is 2.51 bits per heavy atom. The van der Waals surface area contributed by atoms with Crippen molar-refractivity contribution in [3.63, 3.8) is 0 Å². The summed E-state index contributed by atoms with van der Waals surface area (Å²) in [6, 6.07) is 16.5. The van der Waals surface area contributed by atoms with Crippen LogP contribution in [0.5, 0.6) is 5.75 Å². The average Bonchev–Trinajstić information content (AvgIpc) is 2.92. The number of aliphatic hydroxyl groups excluding tert-OH is 1. The first-order valence-electron chi connectivity index (χ1n) is 12.0. The van der Waals surface area contributed by atoms with Gasteiger partial charge in [-0.05, 0) is 47.7 Å². The molecule has 1 heterocycles. The summed E-state index contributed by atoms with van der Waals surface area (Å²) in [4.78, 5) is 1.92. The molecule has 0 spiro atoms. The van der Waals surface area contributed by atoms with Crippen LogP contribution in [0.1, 0.15) is 24.0 Å². The molecule has 198 valence electrons. The van der Waals surface area contributed by atoms with Gasteiger partial charge in [0.05, 0.1) is 12.6 Å². The standard InChI is InChI=1S/C28H29ClF4N2O2/c1-37-25-14-22(30)21(13-23(25)31)19-8-9-24(20(12-19)15-29)35-11-5-10-28(17-35,26(36)27(32)33)34-16-18-6-3-2-4-7-18/h2-4,6-9,12-14,26-27,34,36H,5,10-11,15-17H2,1H3/t26-,28-/m1/s1. The fourth-order valence-corrected chi connectivity index (χ4v) is 5.18. The lowest BCUT2D eigenvalue weighted by Crippen LogP contribution is -2.65. The van der Waals surface area contributed by atoms with Gasteiger partial charge in [0.1, 0.15) is 11.9 Å². The number of hydrogen-bond donors (Lipinski definition) is 2. The minimum Gasteiger partial charge on any atom is -0.494 e. The van der Waals surface area contributed by atoms with Crippen LogP contribution >= 0.6 is 11.6 Å². The van der Waals surface area contributed by atoms with E-state index in [0.29, 0.717) is 42.7 Å². The number of hydrogen-bond acceptors (Lipinski definition) is 4. The molecule has 1 aliphatic rings. The maximum Gasteiger partial charge on any atom is 0.265 e. The normalized spacial score (nSPS) is 18.8. The number of aliphatic hydroxyl groups is 1. The lowest BCUT2D eigenvalue weighted by atomic mass is 9.82. The van der Waals surface area contributed by atoms with Gasteiger partial charge in [0, 0.05) is 42.8 Å². The first kappa shape index (κ1) is 27.2. The third kappa shape index (κ3) is 5.87. The van der Waals surface area contributed by atoms with Gasteiger partial charge in [-0.15, -0.1) is 11.6 Å². The highest BCUT2D eigenvalue weighted by Gasteiger charge is 2.45. The summed E-state index contributed by atoms with van der Waals surface area (Å²) >= 11 is 6.26. The van der Waals surface area contributed by atoms with E-state index in [-0.39, 0.29) is 23.7 Å². The first-order chi connectivity index (χ1) is 17.8. The van der Waals surface area contributed by atoms with E-state index < -0.39 is 29.7 Å². The van der Waals surface area contributed by atoms with Crippen LogP contribution in [0.4, 0.5) is 23.2 Å². The molecule has 0 aromatic heterocycles. The summed E-state index contributed by atoms with van der Waals surface area (Å²) in [5.41, 5.74) is 1.48. The SMILES string of the molecule is COc1cc(F)c(-c2ccc(N3CCC[C@](NCc4ccccc4)([C@H](O)C(F)F)C3)c(CCl)c2)cc1F. The molecule has 1 saturated heterocycles. The highest BCUT2D eigenvalue weighted by molar-refractivity contribution is 6.17. The molecule has 0 saturated carbocycles. The lowest BCUT2D eigenvalue weighted by molar-refractivity contribution is -0.0657. The topological polar surface area (TPSA) is 44.7 Å². The minimum atomic E-state index is -2.92. The Kier molecular flexibility index (Phi) is 8.62. The van der Waals surface area contributed by atoms with Crippen molar-refractivity contribution >= 4 is 17.3 Å². The second-order valence-electron chi connectivity index (χ2n) is 9.24. The zero-order chi connectivity index (χ0) is 26.6. The van der Waals surface area contributed by atoms with Crippen molar-refractivity contribution < 1.29 is 27.4 Å². The largest absolute Gasteiger partial charge is 0.494 e. The number of piperidine rings is 1. The van der Waals surface area contributed by atoms with Crippen molar-refractivity contribution in [2.24, 2.45) is 0 Å². The molecule has 4 rings (SSSR count). The maximum atomic E-state index is 14.7. The van der Waals surface area contributed by atoms with Gasteiger partial charge < -0.3 is 20.1 Å². The molecule has 4 nitrogen and oxygen atoms in total. The van der Waals surface area contributed by atoms with Crippen molar-refractivity contribution in [3.8, 4) is 16.9 Å². The summed E-state index contributed by atoms with van der Waals surface area (Å²) < 4.78 is 61.4. The van der Waals surface area contributed by atoms with Gasteiger partial charge in [-0.25, -0.2) is 17.6 Å². The van der Waals surface area contributed by atoms with Gasteiger partial charge >= 0.3 is 0 Å². The predicted molar refractivity (Wildman–Crippen MR) is 137 cm³/mol. The third-order valence-electron chi connectivity index (χ3n) is 6.93. The molecule has 0 aliphatic carbocycles. The third-order valence-corrected chi connectivity index (χ3v) is 7.22. The van der Waals surface area contributed by atoms with Crippen LogP contribution in [0.15, 0.2) is 60.7 Å². The smallest absolute Gasteiger partial charge is 0.265 e. The molecule has 37 heavy (non-hydrogen) atoms. The summed E-state index contributed by atoms with van der Waals surface area (Å²) in [6.07, 6.45) is -3.88. The highest BCUT2D eigenvalue weighted by atomic mass is 35.5. The molecule has 0 bridgehead atoms. The van der Waals surface area contributed by atoms with E-state index in [1.165, 1.54) is 7.11 Å². The second kappa shape index (κ2) is 11.7. The fourth-order valence-electron chi connectivity index (χ4n) is 4.97. The van der Waals surface area contributed by atoms with Gasteiger partial charge in [0.25, 0.3) is 6.43 Å². The van der Waals surface area contributed by atoms with Crippen molar-refractivity contribution in [3.05, 3.63) is 83.4 Å². The summed E-state index contributed by atoms with van der Waals surface area (Å²) in [7, 11) is 1.26. The molecular formula is C28H29ClF4N2O2. The van der Waals surface area contributed by atoms with E-state index in [2.05, 4.69) is 5.32 Å². The fraction of sp³-hybridized carbons (Fsp3) is 0.357. The van der Waals surface area contributed by atoms with Gasteiger partial charge in [-0.1, -0.05) is 36.4 Å². The Hall–Kier alpha value is -2.81. The van der Waals surface area contributed by atoms with Gasteiger partial charge in [-0.2, -0.15) is 0 Å². The number of benzene rings is 3. The number of anilines is 1. The molecule has 0 amide bonds. The van der Waals surface area contributed by atoms with E-state index in [1.54, 1.807) is 18.2 Å². The molecule has 0 unspecified atom stereocenters. The highest BCUT2D eigenvalue weighted by Crippen LogP contribution is 2.36. The Morgan fingerprint density at radius 1 is 1.08 bits per heavy atom. The number of nitrogens with one attached hydrogen (secondary N) is 1. The van der Waals surface area contributed by atoms with Crippen LogP contribution in [0, 0.1) is 11.6 Å². The lowest BCUT2D eigenvalue weighted by Gasteiger charge is -2.47. The van der Waals surface area contributed by atoms with Crippen LogP contribution in [-0.2, 0) is 12.4 Å². The van der Waals surface area contributed by atoms with Crippen LogP contribution in [0.2, 0.25) is 0 Å². The maximum absolute atomic E-state index is 14.7. The molecule has 0 radical (unpaired) electrons. The summed E-state index contributed by atoms with van der Waals surface area (Å²) in [6.45, 7) is 1.02. The number of methoxy groups -OCH3 is 1. The van der Waals surface area contributed by atoms with Crippen LogP contribution in [0.3, 0.4) is 0 Å².